The third-order valence-corrected chi connectivity index (χ3v) is 6.29. The van der Waals surface area contributed by atoms with Gasteiger partial charge in [0, 0.05) is 24.8 Å². The van der Waals surface area contributed by atoms with Gasteiger partial charge >= 0.3 is 0 Å². The van der Waals surface area contributed by atoms with E-state index >= 15 is 0 Å². The maximum absolute atomic E-state index is 12.5. The molecule has 2 aliphatic rings. The van der Waals surface area contributed by atoms with Crippen molar-refractivity contribution in [3.8, 4) is 0 Å². The number of amides is 1. The van der Waals surface area contributed by atoms with E-state index in [1.165, 1.54) is 18.6 Å². The number of hydrogen-bond acceptors (Lipinski definition) is 4. The highest BCUT2D eigenvalue weighted by Gasteiger charge is 2.22. The van der Waals surface area contributed by atoms with Crippen molar-refractivity contribution in [3.05, 3.63) is 29.8 Å². The Labute approximate surface area is 149 Å². The minimum Gasteiger partial charge on any atom is -0.377 e. The van der Waals surface area contributed by atoms with E-state index in [4.69, 9.17) is 4.74 Å². The van der Waals surface area contributed by atoms with Crippen molar-refractivity contribution in [3.63, 3.8) is 0 Å². The average Bonchev–Trinajstić information content (AvgIpc) is 3.15. The molecule has 0 aromatic heterocycles. The molecule has 1 saturated heterocycles. The van der Waals surface area contributed by atoms with Gasteiger partial charge in [0.1, 0.15) is 0 Å². The standard InChI is InChI=1S/C18H26N2O4S/c21-18(20-15-7-2-1-3-8-15)14-6-4-10-17(12-14)25(22,23)19-13-16-9-5-11-24-16/h4,6,10,12,15-16,19H,1-3,5,7-9,11,13H2,(H,20,21). The summed E-state index contributed by atoms with van der Waals surface area (Å²) < 4.78 is 32.9. The zero-order valence-electron chi connectivity index (χ0n) is 14.4. The summed E-state index contributed by atoms with van der Waals surface area (Å²) in [4.78, 5) is 12.5. The van der Waals surface area contributed by atoms with Gasteiger partial charge in [-0.1, -0.05) is 25.3 Å². The number of carbonyl (C=O) groups excluding carboxylic acids is 1. The Morgan fingerprint density at radius 3 is 2.64 bits per heavy atom. The minimum absolute atomic E-state index is 0.0624. The third kappa shape index (κ3) is 5.03. The topological polar surface area (TPSA) is 84.5 Å². The Morgan fingerprint density at radius 2 is 1.92 bits per heavy atom. The van der Waals surface area contributed by atoms with Crippen LogP contribution in [0.25, 0.3) is 0 Å². The zero-order valence-corrected chi connectivity index (χ0v) is 15.2. The van der Waals surface area contributed by atoms with Crippen molar-refractivity contribution in [2.75, 3.05) is 13.2 Å². The van der Waals surface area contributed by atoms with Crippen LogP contribution in [0.3, 0.4) is 0 Å². The fourth-order valence-electron chi connectivity index (χ4n) is 3.41. The van der Waals surface area contributed by atoms with Gasteiger partial charge in [0.2, 0.25) is 10.0 Å². The molecule has 1 aliphatic carbocycles. The Kier molecular flexibility index (Phi) is 6.09. The van der Waals surface area contributed by atoms with E-state index in [1.807, 2.05) is 0 Å². The second-order valence-corrected chi connectivity index (χ2v) is 8.59. The quantitative estimate of drug-likeness (QED) is 0.808. The first kappa shape index (κ1) is 18.4. The number of rotatable bonds is 6. The molecule has 1 aromatic rings. The molecule has 1 aromatic carbocycles. The highest BCUT2D eigenvalue weighted by molar-refractivity contribution is 7.89. The maximum atomic E-state index is 12.5. The molecule has 25 heavy (non-hydrogen) atoms. The van der Waals surface area contributed by atoms with Crippen LogP contribution in [0.15, 0.2) is 29.2 Å². The summed E-state index contributed by atoms with van der Waals surface area (Å²) in [5.41, 5.74) is 0.380. The van der Waals surface area contributed by atoms with E-state index in [0.29, 0.717) is 12.2 Å². The van der Waals surface area contributed by atoms with Crippen molar-refractivity contribution in [1.29, 1.82) is 0 Å². The molecule has 0 spiro atoms. The lowest BCUT2D eigenvalue weighted by molar-refractivity contribution is 0.0927. The molecule has 1 saturated carbocycles. The molecule has 1 unspecified atom stereocenters. The summed E-state index contributed by atoms with van der Waals surface area (Å²) in [5, 5.41) is 3.02. The van der Waals surface area contributed by atoms with E-state index in [9.17, 15) is 13.2 Å². The number of hydrogen-bond donors (Lipinski definition) is 2. The van der Waals surface area contributed by atoms with Crippen LogP contribution in [0, 0.1) is 0 Å². The Bertz CT molecular complexity index is 693. The van der Waals surface area contributed by atoms with Crippen LogP contribution < -0.4 is 10.0 Å². The van der Waals surface area contributed by atoms with Gasteiger partial charge in [-0.25, -0.2) is 13.1 Å². The fraction of sp³-hybridized carbons (Fsp3) is 0.611. The van der Waals surface area contributed by atoms with Crippen molar-refractivity contribution in [1.82, 2.24) is 10.0 Å². The predicted molar refractivity (Wildman–Crippen MR) is 94.9 cm³/mol. The summed E-state index contributed by atoms with van der Waals surface area (Å²) in [6.07, 6.45) is 7.23. The molecular weight excluding hydrogens is 340 g/mol. The molecule has 1 atom stereocenters. The Morgan fingerprint density at radius 1 is 1.12 bits per heavy atom. The van der Waals surface area contributed by atoms with E-state index in [0.717, 1.165) is 38.5 Å². The summed E-state index contributed by atoms with van der Waals surface area (Å²) in [5.74, 6) is -0.205. The first-order valence-electron chi connectivity index (χ1n) is 9.07. The van der Waals surface area contributed by atoms with Crippen molar-refractivity contribution in [2.24, 2.45) is 0 Å². The van der Waals surface area contributed by atoms with Crippen molar-refractivity contribution < 1.29 is 17.9 Å². The highest BCUT2D eigenvalue weighted by atomic mass is 32.2. The second-order valence-electron chi connectivity index (χ2n) is 6.82. The zero-order chi connectivity index (χ0) is 17.7. The van der Waals surface area contributed by atoms with Crippen LogP contribution in [0.2, 0.25) is 0 Å². The summed E-state index contributed by atoms with van der Waals surface area (Å²) in [6, 6.07) is 6.40. The van der Waals surface area contributed by atoms with E-state index in [-0.39, 0.29) is 29.5 Å². The van der Waals surface area contributed by atoms with E-state index in [2.05, 4.69) is 10.0 Å². The van der Waals surface area contributed by atoms with Crippen LogP contribution in [0.1, 0.15) is 55.3 Å². The molecule has 2 N–H and O–H groups in total. The Hall–Kier alpha value is -1.44. The predicted octanol–water partition coefficient (Wildman–Crippen LogP) is 2.21. The van der Waals surface area contributed by atoms with Gasteiger partial charge in [0.05, 0.1) is 11.0 Å². The van der Waals surface area contributed by atoms with E-state index < -0.39 is 10.0 Å². The summed E-state index contributed by atoms with van der Waals surface area (Å²) in [7, 11) is -3.65. The number of sulfonamides is 1. The molecule has 1 heterocycles. The van der Waals surface area contributed by atoms with Crippen molar-refractivity contribution in [2.45, 2.75) is 62.0 Å². The first-order valence-corrected chi connectivity index (χ1v) is 10.5. The number of nitrogens with one attached hydrogen (secondary N) is 2. The van der Waals surface area contributed by atoms with Gasteiger partial charge in [0.15, 0.2) is 0 Å². The first-order chi connectivity index (χ1) is 12.0. The van der Waals surface area contributed by atoms with Crippen LogP contribution >= 0.6 is 0 Å². The van der Waals surface area contributed by atoms with Gasteiger partial charge in [0.25, 0.3) is 5.91 Å². The monoisotopic (exact) mass is 366 g/mol. The third-order valence-electron chi connectivity index (χ3n) is 4.87. The normalized spacial score (nSPS) is 22.0. The lowest BCUT2D eigenvalue weighted by Crippen LogP contribution is -2.36. The van der Waals surface area contributed by atoms with E-state index in [1.54, 1.807) is 12.1 Å². The fourth-order valence-corrected chi connectivity index (χ4v) is 4.52. The smallest absolute Gasteiger partial charge is 0.251 e. The second kappa shape index (κ2) is 8.29. The minimum atomic E-state index is -3.65. The number of ether oxygens (including phenoxy) is 1. The molecule has 2 fully saturated rings. The van der Waals surface area contributed by atoms with Gasteiger partial charge in [-0.3, -0.25) is 4.79 Å². The van der Waals surface area contributed by atoms with Crippen LogP contribution in [-0.2, 0) is 14.8 Å². The lowest BCUT2D eigenvalue weighted by Gasteiger charge is -2.22. The largest absolute Gasteiger partial charge is 0.377 e. The maximum Gasteiger partial charge on any atom is 0.251 e. The molecule has 1 amide bonds. The van der Waals surface area contributed by atoms with Gasteiger partial charge in [-0.2, -0.15) is 0 Å². The number of carbonyl (C=O) groups is 1. The average molecular weight is 366 g/mol. The van der Waals surface area contributed by atoms with Crippen LogP contribution in [-0.4, -0.2) is 39.6 Å². The number of benzene rings is 1. The molecule has 0 bridgehead atoms. The molecular formula is C18H26N2O4S. The lowest BCUT2D eigenvalue weighted by atomic mass is 9.95. The SMILES string of the molecule is O=C(NC1CCCCC1)c1cccc(S(=O)(=O)NCC2CCCO2)c1. The molecule has 0 radical (unpaired) electrons. The Balaban J connectivity index is 1.63. The molecule has 3 rings (SSSR count). The van der Waals surface area contributed by atoms with Crippen LogP contribution in [0.5, 0.6) is 0 Å². The molecule has 6 nitrogen and oxygen atoms in total. The summed E-state index contributed by atoms with van der Waals surface area (Å²) >= 11 is 0. The van der Waals surface area contributed by atoms with Gasteiger partial charge < -0.3 is 10.1 Å². The summed E-state index contributed by atoms with van der Waals surface area (Å²) in [6.45, 7) is 0.948. The van der Waals surface area contributed by atoms with Gasteiger partial charge in [-0.15, -0.1) is 0 Å². The molecule has 138 valence electrons. The highest BCUT2D eigenvalue weighted by Crippen LogP contribution is 2.19. The molecule has 7 heteroatoms. The van der Waals surface area contributed by atoms with Gasteiger partial charge in [-0.05, 0) is 43.9 Å². The molecule has 1 aliphatic heterocycles. The van der Waals surface area contributed by atoms with Crippen LogP contribution in [0.4, 0.5) is 0 Å². The van der Waals surface area contributed by atoms with Crippen molar-refractivity contribution >= 4 is 15.9 Å².